The number of primary amides is 1. The first kappa shape index (κ1) is 14.8. The van der Waals surface area contributed by atoms with E-state index in [1.165, 1.54) is 18.2 Å². The average Bonchev–Trinajstić information content (AvgIpc) is 2.39. The largest absolute Gasteiger partial charge is 0.399 e. The smallest absolute Gasteiger partial charge is 0.250 e. The molecular formula is C15H15F2N3O. The number of nitrogen functional groups attached to an aromatic ring is 1. The number of rotatable bonds is 5. The van der Waals surface area contributed by atoms with Gasteiger partial charge in [-0.3, -0.25) is 4.79 Å². The fraction of sp³-hybridized carbons (Fsp3) is 0.133. The molecule has 4 nitrogen and oxygen atoms in total. The quantitative estimate of drug-likeness (QED) is 0.739. The summed E-state index contributed by atoms with van der Waals surface area (Å²) in [7, 11) is 0. The zero-order valence-corrected chi connectivity index (χ0v) is 11.2. The lowest BCUT2D eigenvalue weighted by Crippen LogP contribution is -2.16. The highest BCUT2D eigenvalue weighted by Crippen LogP contribution is 2.18. The molecule has 2 rings (SSSR count). The Morgan fingerprint density at radius 1 is 1.10 bits per heavy atom. The summed E-state index contributed by atoms with van der Waals surface area (Å²) in [6, 6.07) is 8.11. The van der Waals surface area contributed by atoms with Crippen LogP contribution in [-0.2, 0) is 6.42 Å². The lowest BCUT2D eigenvalue weighted by Gasteiger charge is -2.11. The van der Waals surface area contributed by atoms with Crippen LogP contribution >= 0.6 is 0 Å². The van der Waals surface area contributed by atoms with Crippen molar-refractivity contribution in [2.75, 3.05) is 17.6 Å². The van der Waals surface area contributed by atoms with Gasteiger partial charge >= 0.3 is 0 Å². The standard InChI is InChI=1S/C15H15F2N3O/c16-10-5-9(6-11(17)7-10)3-4-20-14-2-1-12(18)8-13(14)15(19)21/h1-2,5-8,20H,3-4,18H2,(H2,19,21). The molecule has 21 heavy (non-hydrogen) atoms. The number of carbonyl (C=O) groups is 1. The zero-order valence-electron chi connectivity index (χ0n) is 11.2. The van der Waals surface area contributed by atoms with E-state index in [-0.39, 0.29) is 5.56 Å². The van der Waals surface area contributed by atoms with Crippen molar-refractivity contribution >= 4 is 17.3 Å². The van der Waals surface area contributed by atoms with E-state index >= 15 is 0 Å². The van der Waals surface area contributed by atoms with E-state index in [4.69, 9.17) is 11.5 Å². The van der Waals surface area contributed by atoms with Crippen molar-refractivity contribution in [1.29, 1.82) is 0 Å². The molecule has 6 heteroatoms. The van der Waals surface area contributed by atoms with Gasteiger partial charge < -0.3 is 16.8 Å². The second-order valence-electron chi connectivity index (χ2n) is 4.62. The molecule has 110 valence electrons. The van der Waals surface area contributed by atoms with Gasteiger partial charge in [-0.15, -0.1) is 0 Å². The number of hydrogen-bond donors (Lipinski definition) is 3. The maximum absolute atomic E-state index is 13.1. The molecule has 0 bridgehead atoms. The number of amides is 1. The lowest BCUT2D eigenvalue weighted by molar-refractivity contribution is 0.100. The number of benzene rings is 2. The molecule has 0 spiro atoms. The maximum atomic E-state index is 13.1. The lowest BCUT2D eigenvalue weighted by atomic mass is 10.1. The molecule has 0 atom stereocenters. The van der Waals surface area contributed by atoms with Crippen LogP contribution in [0.2, 0.25) is 0 Å². The fourth-order valence-corrected chi connectivity index (χ4v) is 2.02. The topological polar surface area (TPSA) is 81.1 Å². The zero-order chi connectivity index (χ0) is 15.4. The number of nitrogens with one attached hydrogen (secondary N) is 1. The molecule has 0 saturated heterocycles. The van der Waals surface area contributed by atoms with Crippen LogP contribution in [0.25, 0.3) is 0 Å². The number of hydrogen-bond acceptors (Lipinski definition) is 3. The Labute approximate surface area is 120 Å². The SMILES string of the molecule is NC(=O)c1cc(N)ccc1NCCc1cc(F)cc(F)c1. The van der Waals surface area contributed by atoms with Gasteiger partial charge in [0, 0.05) is 24.0 Å². The molecule has 0 unspecified atom stereocenters. The van der Waals surface area contributed by atoms with Crippen LogP contribution in [0.4, 0.5) is 20.2 Å². The summed E-state index contributed by atoms with van der Waals surface area (Å²) in [5.41, 5.74) is 12.6. The second kappa shape index (κ2) is 6.21. The minimum absolute atomic E-state index is 0.278. The third kappa shape index (κ3) is 3.92. The van der Waals surface area contributed by atoms with Crippen molar-refractivity contribution in [1.82, 2.24) is 0 Å². The Hall–Kier alpha value is -2.63. The van der Waals surface area contributed by atoms with E-state index in [1.807, 2.05) is 0 Å². The summed E-state index contributed by atoms with van der Waals surface area (Å²) < 4.78 is 26.1. The van der Waals surface area contributed by atoms with Crippen molar-refractivity contribution in [3.8, 4) is 0 Å². The minimum Gasteiger partial charge on any atom is -0.399 e. The van der Waals surface area contributed by atoms with Crippen LogP contribution in [0, 0.1) is 11.6 Å². The summed E-state index contributed by atoms with van der Waals surface area (Å²) in [5.74, 6) is -1.83. The van der Waals surface area contributed by atoms with E-state index in [0.717, 1.165) is 6.07 Å². The first-order chi connectivity index (χ1) is 9.95. The molecule has 0 radical (unpaired) electrons. The number of halogens is 2. The van der Waals surface area contributed by atoms with Gasteiger partial charge in [0.2, 0.25) is 0 Å². The minimum atomic E-state index is -0.615. The van der Waals surface area contributed by atoms with Crippen molar-refractivity contribution in [3.63, 3.8) is 0 Å². The molecule has 0 heterocycles. The molecule has 2 aromatic carbocycles. The molecule has 0 aromatic heterocycles. The Morgan fingerprint density at radius 3 is 2.38 bits per heavy atom. The normalized spacial score (nSPS) is 10.4. The summed E-state index contributed by atoms with van der Waals surface area (Å²) in [6.45, 7) is 0.396. The number of anilines is 2. The Morgan fingerprint density at radius 2 is 1.76 bits per heavy atom. The molecule has 0 aliphatic heterocycles. The molecule has 5 N–H and O–H groups in total. The maximum Gasteiger partial charge on any atom is 0.250 e. The van der Waals surface area contributed by atoms with Gasteiger partial charge in [0.1, 0.15) is 11.6 Å². The van der Waals surface area contributed by atoms with E-state index in [1.54, 1.807) is 12.1 Å². The molecule has 0 aliphatic rings. The highest BCUT2D eigenvalue weighted by Gasteiger charge is 2.08. The fourth-order valence-electron chi connectivity index (χ4n) is 2.02. The Balaban J connectivity index is 2.05. The molecule has 0 saturated carbocycles. The van der Waals surface area contributed by atoms with Gasteiger partial charge in [0.05, 0.1) is 5.56 Å². The van der Waals surface area contributed by atoms with Crippen molar-refractivity contribution in [3.05, 3.63) is 59.2 Å². The monoisotopic (exact) mass is 291 g/mol. The third-order valence-electron chi connectivity index (χ3n) is 2.96. The van der Waals surface area contributed by atoms with Gasteiger partial charge in [-0.05, 0) is 42.3 Å². The molecule has 2 aromatic rings. The van der Waals surface area contributed by atoms with Crippen LogP contribution in [0.15, 0.2) is 36.4 Å². The predicted octanol–water partition coefficient (Wildman–Crippen LogP) is 2.30. The Bertz CT molecular complexity index is 654. The van der Waals surface area contributed by atoms with Gasteiger partial charge in [-0.2, -0.15) is 0 Å². The van der Waals surface area contributed by atoms with Crippen molar-refractivity contribution in [2.45, 2.75) is 6.42 Å². The van der Waals surface area contributed by atoms with E-state index in [0.29, 0.717) is 29.9 Å². The summed E-state index contributed by atoms with van der Waals surface area (Å²) in [6.07, 6.45) is 0.400. The van der Waals surface area contributed by atoms with Crippen LogP contribution in [0.3, 0.4) is 0 Å². The van der Waals surface area contributed by atoms with Crippen LogP contribution < -0.4 is 16.8 Å². The average molecular weight is 291 g/mol. The van der Waals surface area contributed by atoms with Gasteiger partial charge in [-0.1, -0.05) is 0 Å². The van der Waals surface area contributed by atoms with Gasteiger partial charge in [0.25, 0.3) is 5.91 Å². The second-order valence-corrected chi connectivity index (χ2v) is 4.62. The predicted molar refractivity (Wildman–Crippen MR) is 77.9 cm³/mol. The highest BCUT2D eigenvalue weighted by atomic mass is 19.1. The van der Waals surface area contributed by atoms with Gasteiger partial charge in [0.15, 0.2) is 0 Å². The number of carbonyl (C=O) groups excluding carboxylic acids is 1. The van der Waals surface area contributed by atoms with Crippen molar-refractivity contribution in [2.24, 2.45) is 5.73 Å². The molecular weight excluding hydrogens is 276 g/mol. The third-order valence-corrected chi connectivity index (χ3v) is 2.96. The summed E-state index contributed by atoms with van der Waals surface area (Å²) in [5, 5.41) is 3.01. The Kier molecular flexibility index (Phi) is 4.37. The van der Waals surface area contributed by atoms with Crippen LogP contribution in [0.5, 0.6) is 0 Å². The first-order valence-corrected chi connectivity index (χ1v) is 6.34. The number of nitrogens with two attached hydrogens (primary N) is 2. The highest BCUT2D eigenvalue weighted by molar-refractivity contribution is 5.99. The molecule has 1 amide bonds. The van der Waals surface area contributed by atoms with E-state index < -0.39 is 17.5 Å². The summed E-state index contributed by atoms with van der Waals surface area (Å²) >= 11 is 0. The van der Waals surface area contributed by atoms with Crippen LogP contribution in [-0.4, -0.2) is 12.5 Å². The van der Waals surface area contributed by atoms with Gasteiger partial charge in [-0.25, -0.2) is 8.78 Å². The van der Waals surface area contributed by atoms with E-state index in [9.17, 15) is 13.6 Å². The van der Waals surface area contributed by atoms with E-state index in [2.05, 4.69) is 5.32 Å². The van der Waals surface area contributed by atoms with Crippen molar-refractivity contribution < 1.29 is 13.6 Å². The molecule has 0 fully saturated rings. The molecule has 0 aliphatic carbocycles. The van der Waals surface area contributed by atoms with Crippen LogP contribution in [0.1, 0.15) is 15.9 Å². The summed E-state index contributed by atoms with van der Waals surface area (Å²) in [4.78, 5) is 11.3. The first-order valence-electron chi connectivity index (χ1n) is 6.34.